The number of allylic oxidation sites excluding steroid dienone is 1. The fourth-order valence-corrected chi connectivity index (χ4v) is 3.90. The smallest absolute Gasteiger partial charge is 0.407 e. The molecule has 0 aromatic heterocycles. The lowest BCUT2D eigenvalue weighted by atomic mass is 9.98. The lowest BCUT2D eigenvalue weighted by Crippen LogP contribution is -2.48. The van der Waals surface area contributed by atoms with Gasteiger partial charge in [0.2, 0.25) is 5.91 Å². The monoisotopic (exact) mass is 436 g/mol. The van der Waals surface area contributed by atoms with E-state index in [-0.39, 0.29) is 18.9 Å². The summed E-state index contributed by atoms with van der Waals surface area (Å²) >= 11 is 0. The minimum atomic E-state index is -1.12. The summed E-state index contributed by atoms with van der Waals surface area (Å²) in [5.41, 5.74) is 5.44. The summed E-state index contributed by atoms with van der Waals surface area (Å²) in [5, 5.41) is 11.6. The number of alkyl carbamates (subject to hydrolysis) is 1. The molecule has 1 aliphatic carbocycles. The number of benzene rings is 2. The van der Waals surface area contributed by atoms with Crippen LogP contribution in [-0.2, 0) is 14.3 Å². The van der Waals surface area contributed by atoms with Crippen molar-refractivity contribution in [3.05, 3.63) is 71.3 Å². The maximum absolute atomic E-state index is 12.7. The van der Waals surface area contributed by atoms with Crippen molar-refractivity contribution in [3.63, 3.8) is 0 Å². The number of carboxylic acid groups (broad SMARTS) is 1. The molecule has 0 fully saturated rings. The Labute approximate surface area is 187 Å². The second-order valence-electron chi connectivity index (χ2n) is 8.13. The highest BCUT2D eigenvalue weighted by molar-refractivity contribution is 5.88. The number of carboxylic acids is 1. The Kier molecular flexibility index (Phi) is 7.30. The molecule has 2 aromatic carbocycles. The predicted octanol–water partition coefficient (Wildman–Crippen LogP) is 3.79. The largest absolute Gasteiger partial charge is 0.480 e. The molecule has 3 rings (SSSR count). The number of nitrogens with zero attached hydrogens (tertiary/aromatic N) is 1. The van der Waals surface area contributed by atoms with E-state index in [4.69, 9.17) is 9.84 Å². The average Bonchev–Trinajstić information content (AvgIpc) is 3.08. The Morgan fingerprint density at radius 3 is 2.16 bits per heavy atom. The van der Waals surface area contributed by atoms with Gasteiger partial charge in [-0.15, -0.1) is 0 Å². The van der Waals surface area contributed by atoms with Gasteiger partial charge in [0.25, 0.3) is 0 Å². The van der Waals surface area contributed by atoms with Gasteiger partial charge in [0.05, 0.1) is 0 Å². The van der Waals surface area contributed by atoms with Crippen molar-refractivity contribution in [1.29, 1.82) is 0 Å². The molecule has 1 aliphatic rings. The quantitative estimate of drug-likeness (QED) is 0.614. The van der Waals surface area contributed by atoms with Crippen molar-refractivity contribution in [2.45, 2.75) is 32.2 Å². The molecule has 0 saturated heterocycles. The number of carbonyl (C=O) groups is 3. The summed E-state index contributed by atoms with van der Waals surface area (Å²) in [6.45, 7) is 3.45. The zero-order valence-electron chi connectivity index (χ0n) is 18.5. The summed E-state index contributed by atoms with van der Waals surface area (Å²) in [6, 6.07) is 15.2. The first-order valence-electron chi connectivity index (χ1n) is 10.5. The molecule has 0 aliphatic heterocycles. The number of hydrogen-bond acceptors (Lipinski definition) is 4. The molecule has 0 radical (unpaired) electrons. The van der Waals surface area contributed by atoms with E-state index in [1.165, 1.54) is 7.05 Å². The SMILES string of the molecule is CC(C)=CCC(NC(=O)OCC1c2ccccc2-c2ccccc21)C(=O)N(C)CC(=O)O. The van der Waals surface area contributed by atoms with Gasteiger partial charge in [-0.1, -0.05) is 60.2 Å². The van der Waals surface area contributed by atoms with E-state index in [1.807, 2.05) is 56.3 Å². The second kappa shape index (κ2) is 10.1. The number of ether oxygens (including phenoxy) is 1. The van der Waals surface area contributed by atoms with Crippen LogP contribution < -0.4 is 5.32 Å². The Morgan fingerprint density at radius 2 is 1.62 bits per heavy atom. The van der Waals surface area contributed by atoms with Crippen LogP contribution in [0.3, 0.4) is 0 Å². The van der Waals surface area contributed by atoms with Crippen molar-refractivity contribution in [2.75, 3.05) is 20.2 Å². The predicted molar refractivity (Wildman–Crippen MR) is 121 cm³/mol. The van der Waals surface area contributed by atoms with Gasteiger partial charge in [0, 0.05) is 13.0 Å². The molecule has 0 spiro atoms. The zero-order chi connectivity index (χ0) is 23.3. The van der Waals surface area contributed by atoms with Crippen LogP contribution in [0.25, 0.3) is 11.1 Å². The molecule has 0 saturated carbocycles. The summed E-state index contributed by atoms with van der Waals surface area (Å²) in [5.74, 6) is -1.70. The van der Waals surface area contributed by atoms with Gasteiger partial charge < -0.3 is 20.1 Å². The van der Waals surface area contributed by atoms with Gasteiger partial charge in [-0.2, -0.15) is 0 Å². The van der Waals surface area contributed by atoms with Crippen LogP contribution in [0, 0.1) is 0 Å². The first-order chi connectivity index (χ1) is 15.3. The van der Waals surface area contributed by atoms with Crippen LogP contribution in [0.1, 0.15) is 37.3 Å². The topological polar surface area (TPSA) is 95.9 Å². The highest BCUT2D eigenvalue weighted by Crippen LogP contribution is 2.44. The standard InChI is InChI=1S/C25H28N2O5/c1-16(2)12-13-22(24(30)27(3)14-23(28)29)26-25(31)32-15-21-19-10-6-4-8-17(19)18-9-5-7-11-20(18)21/h4-12,21-22H,13-15H2,1-3H3,(H,26,31)(H,28,29). The lowest BCUT2D eigenvalue weighted by molar-refractivity contribution is -0.144. The Hall–Kier alpha value is -3.61. The van der Waals surface area contributed by atoms with E-state index >= 15 is 0 Å². The number of amides is 2. The summed E-state index contributed by atoms with van der Waals surface area (Å²) in [6.07, 6.45) is 1.35. The summed E-state index contributed by atoms with van der Waals surface area (Å²) in [4.78, 5) is 37.3. The van der Waals surface area contributed by atoms with Gasteiger partial charge in [-0.3, -0.25) is 9.59 Å². The summed E-state index contributed by atoms with van der Waals surface area (Å²) in [7, 11) is 1.39. The highest BCUT2D eigenvalue weighted by atomic mass is 16.5. The number of aliphatic carboxylic acids is 1. The van der Waals surface area contributed by atoms with Crippen LogP contribution >= 0.6 is 0 Å². The number of likely N-dealkylation sites (N-methyl/N-ethyl adjacent to an activating group) is 1. The van der Waals surface area contributed by atoms with Gasteiger partial charge in [0.15, 0.2) is 0 Å². The molecule has 7 nitrogen and oxygen atoms in total. The molecule has 32 heavy (non-hydrogen) atoms. The van der Waals surface area contributed by atoms with E-state index in [1.54, 1.807) is 0 Å². The van der Waals surface area contributed by atoms with Gasteiger partial charge in [0.1, 0.15) is 19.2 Å². The van der Waals surface area contributed by atoms with E-state index in [0.29, 0.717) is 0 Å². The third-order valence-electron chi connectivity index (χ3n) is 5.44. The molecule has 1 atom stereocenters. The summed E-state index contributed by atoms with van der Waals surface area (Å²) < 4.78 is 5.53. The van der Waals surface area contributed by atoms with Crippen LogP contribution in [0.15, 0.2) is 60.2 Å². The third kappa shape index (κ3) is 5.35. The molecule has 2 aromatic rings. The van der Waals surface area contributed by atoms with E-state index in [9.17, 15) is 14.4 Å². The minimum Gasteiger partial charge on any atom is -0.480 e. The van der Waals surface area contributed by atoms with Crippen molar-refractivity contribution in [1.82, 2.24) is 10.2 Å². The molecular weight excluding hydrogens is 408 g/mol. The number of carbonyl (C=O) groups excluding carboxylic acids is 2. The fourth-order valence-electron chi connectivity index (χ4n) is 3.90. The molecule has 2 N–H and O–H groups in total. The Bertz CT molecular complexity index is 997. The van der Waals surface area contributed by atoms with Crippen LogP contribution in [0.5, 0.6) is 0 Å². The maximum atomic E-state index is 12.7. The van der Waals surface area contributed by atoms with Gasteiger partial charge in [-0.05, 0) is 42.5 Å². The van der Waals surface area contributed by atoms with Crippen LogP contribution in [0.4, 0.5) is 4.79 Å². The lowest BCUT2D eigenvalue weighted by Gasteiger charge is -2.23. The second-order valence-corrected chi connectivity index (χ2v) is 8.13. The minimum absolute atomic E-state index is 0.0882. The molecule has 2 amide bonds. The number of nitrogens with one attached hydrogen (secondary N) is 1. The molecule has 1 unspecified atom stereocenters. The first kappa shape index (κ1) is 23.1. The molecular formula is C25H28N2O5. The molecule has 7 heteroatoms. The molecule has 0 heterocycles. The first-order valence-corrected chi connectivity index (χ1v) is 10.5. The van der Waals surface area contributed by atoms with Crippen LogP contribution in [0.2, 0.25) is 0 Å². The van der Waals surface area contributed by atoms with E-state index in [0.717, 1.165) is 32.7 Å². The van der Waals surface area contributed by atoms with Crippen molar-refractivity contribution >= 4 is 18.0 Å². The fraction of sp³-hybridized carbons (Fsp3) is 0.320. The third-order valence-corrected chi connectivity index (χ3v) is 5.44. The average molecular weight is 437 g/mol. The van der Waals surface area contributed by atoms with Crippen molar-refractivity contribution < 1.29 is 24.2 Å². The maximum Gasteiger partial charge on any atom is 0.407 e. The van der Waals surface area contributed by atoms with Crippen molar-refractivity contribution in [2.24, 2.45) is 0 Å². The Balaban J connectivity index is 1.69. The normalized spacial score (nSPS) is 12.8. The van der Waals surface area contributed by atoms with E-state index < -0.39 is 30.6 Å². The molecule has 168 valence electrons. The number of hydrogen-bond donors (Lipinski definition) is 2. The Morgan fingerprint density at radius 1 is 1.06 bits per heavy atom. The van der Waals surface area contributed by atoms with Gasteiger partial charge in [-0.25, -0.2) is 4.79 Å². The van der Waals surface area contributed by atoms with E-state index in [2.05, 4.69) is 17.4 Å². The zero-order valence-corrected chi connectivity index (χ0v) is 18.5. The number of fused-ring (bicyclic) bond motifs is 3. The number of rotatable bonds is 8. The van der Waals surface area contributed by atoms with Crippen LogP contribution in [-0.4, -0.2) is 54.2 Å². The van der Waals surface area contributed by atoms with Gasteiger partial charge >= 0.3 is 12.1 Å². The molecule has 0 bridgehead atoms. The highest BCUT2D eigenvalue weighted by Gasteiger charge is 2.30. The van der Waals surface area contributed by atoms with Crippen molar-refractivity contribution in [3.8, 4) is 11.1 Å².